The van der Waals surface area contributed by atoms with Gasteiger partial charge < -0.3 is 15.1 Å². The molecule has 0 atom stereocenters. The first-order valence-electron chi connectivity index (χ1n) is 10.7. The number of benzene rings is 1. The average Bonchev–Trinajstić information content (AvgIpc) is 3.19. The summed E-state index contributed by atoms with van der Waals surface area (Å²) in [5, 5.41) is 3.56. The summed E-state index contributed by atoms with van der Waals surface area (Å²) in [6.07, 6.45) is 6.84. The number of carbonyl (C=O) groups is 2. The molecule has 2 aliphatic rings. The van der Waals surface area contributed by atoms with Gasteiger partial charge in [-0.2, -0.15) is 0 Å². The van der Waals surface area contributed by atoms with Crippen molar-refractivity contribution in [2.24, 2.45) is 5.92 Å². The van der Waals surface area contributed by atoms with Crippen LogP contribution in [-0.2, 0) is 4.79 Å². The Bertz CT molecular complexity index is 896. The monoisotopic (exact) mass is 426 g/mol. The number of aromatic nitrogens is 1. The van der Waals surface area contributed by atoms with Gasteiger partial charge in [0, 0.05) is 42.7 Å². The van der Waals surface area contributed by atoms with Gasteiger partial charge in [-0.3, -0.25) is 9.59 Å². The first-order valence-corrected chi connectivity index (χ1v) is 11.0. The molecule has 1 saturated carbocycles. The molecule has 1 saturated heterocycles. The van der Waals surface area contributed by atoms with Crippen molar-refractivity contribution in [3.8, 4) is 0 Å². The van der Waals surface area contributed by atoms with Crippen LogP contribution in [0.25, 0.3) is 0 Å². The third kappa shape index (κ3) is 4.93. The smallest absolute Gasteiger partial charge is 0.253 e. The van der Waals surface area contributed by atoms with Crippen molar-refractivity contribution in [2.45, 2.75) is 32.1 Å². The molecule has 2 aromatic rings. The standard InChI is InChI=1S/C23H27ClN4O2/c24-19-8-3-7-18(15-19)23(30)28-12-4-11-27(13-14-28)21-10-9-20(16-25-21)26-22(29)17-5-1-2-6-17/h3,7-10,15-17H,1-2,4-6,11-14H2,(H,26,29). The van der Waals surface area contributed by atoms with E-state index in [0.29, 0.717) is 30.2 Å². The Labute approximate surface area is 182 Å². The number of hydrogen-bond acceptors (Lipinski definition) is 4. The largest absolute Gasteiger partial charge is 0.355 e. The van der Waals surface area contributed by atoms with Crippen molar-refractivity contribution >= 4 is 34.9 Å². The van der Waals surface area contributed by atoms with E-state index < -0.39 is 0 Å². The van der Waals surface area contributed by atoms with Crippen LogP contribution in [0.15, 0.2) is 42.6 Å². The van der Waals surface area contributed by atoms with E-state index in [1.165, 1.54) is 0 Å². The molecule has 6 nitrogen and oxygen atoms in total. The molecule has 0 spiro atoms. The van der Waals surface area contributed by atoms with E-state index in [4.69, 9.17) is 11.6 Å². The van der Waals surface area contributed by atoms with Gasteiger partial charge in [-0.15, -0.1) is 0 Å². The van der Waals surface area contributed by atoms with E-state index in [-0.39, 0.29) is 17.7 Å². The number of pyridine rings is 1. The molecule has 0 unspecified atom stereocenters. The fraction of sp³-hybridized carbons (Fsp3) is 0.435. The maximum atomic E-state index is 12.8. The van der Waals surface area contributed by atoms with E-state index in [2.05, 4.69) is 15.2 Å². The quantitative estimate of drug-likeness (QED) is 0.795. The first kappa shape index (κ1) is 20.7. The topological polar surface area (TPSA) is 65.5 Å². The van der Waals surface area contributed by atoms with Crippen molar-refractivity contribution in [1.82, 2.24) is 9.88 Å². The number of hydrogen-bond donors (Lipinski definition) is 1. The molecule has 1 aliphatic heterocycles. The molecule has 1 aromatic heterocycles. The van der Waals surface area contributed by atoms with Gasteiger partial charge in [-0.05, 0) is 49.6 Å². The normalized spacial score (nSPS) is 17.6. The Morgan fingerprint density at radius 1 is 1.00 bits per heavy atom. The minimum Gasteiger partial charge on any atom is -0.355 e. The van der Waals surface area contributed by atoms with Crippen molar-refractivity contribution in [2.75, 3.05) is 36.4 Å². The van der Waals surface area contributed by atoms with Crippen LogP contribution in [0.3, 0.4) is 0 Å². The highest BCUT2D eigenvalue weighted by Crippen LogP contribution is 2.26. The molecule has 158 valence electrons. The summed E-state index contributed by atoms with van der Waals surface area (Å²) in [4.78, 5) is 33.7. The highest BCUT2D eigenvalue weighted by Gasteiger charge is 2.23. The van der Waals surface area contributed by atoms with Gasteiger partial charge >= 0.3 is 0 Å². The third-order valence-corrected chi connectivity index (χ3v) is 6.16. The highest BCUT2D eigenvalue weighted by atomic mass is 35.5. The lowest BCUT2D eigenvalue weighted by atomic mass is 10.1. The summed E-state index contributed by atoms with van der Waals surface area (Å²) in [5.74, 6) is 1.12. The molecular weight excluding hydrogens is 400 g/mol. The predicted octanol–water partition coefficient (Wildman–Crippen LogP) is 4.22. The molecule has 0 bridgehead atoms. The minimum absolute atomic E-state index is 0.0114. The second-order valence-corrected chi connectivity index (χ2v) is 8.46. The van der Waals surface area contributed by atoms with Gasteiger partial charge in [0.2, 0.25) is 5.91 Å². The van der Waals surface area contributed by atoms with Gasteiger partial charge in [0.15, 0.2) is 0 Å². The Morgan fingerprint density at radius 2 is 1.83 bits per heavy atom. The molecule has 0 radical (unpaired) electrons. The molecule has 30 heavy (non-hydrogen) atoms. The lowest BCUT2D eigenvalue weighted by molar-refractivity contribution is -0.119. The second kappa shape index (κ2) is 9.47. The van der Waals surface area contributed by atoms with Gasteiger partial charge in [0.1, 0.15) is 5.82 Å². The summed E-state index contributed by atoms with van der Waals surface area (Å²) in [7, 11) is 0. The van der Waals surface area contributed by atoms with Crippen LogP contribution in [0.1, 0.15) is 42.5 Å². The van der Waals surface area contributed by atoms with Crippen molar-refractivity contribution in [3.05, 3.63) is 53.2 Å². The molecule has 7 heteroatoms. The second-order valence-electron chi connectivity index (χ2n) is 8.02. The number of nitrogens with zero attached hydrogens (tertiary/aromatic N) is 3. The Morgan fingerprint density at radius 3 is 2.57 bits per heavy atom. The first-order chi connectivity index (χ1) is 14.6. The molecule has 1 N–H and O–H groups in total. The van der Waals surface area contributed by atoms with E-state index >= 15 is 0 Å². The number of amides is 2. The molecule has 1 aliphatic carbocycles. The molecule has 2 amide bonds. The minimum atomic E-state index is 0.0114. The molecule has 1 aromatic carbocycles. The van der Waals surface area contributed by atoms with Crippen LogP contribution < -0.4 is 10.2 Å². The molecule has 2 heterocycles. The zero-order valence-corrected chi connectivity index (χ0v) is 17.8. The molecular formula is C23H27ClN4O2. The predicted molar refractivity (Wildman–Crippen MR) is 119 cm³/mol. The fourth-order valence-corrected chi connectivity index (χ4v) is 4.42. The van der Waals surface area contributed by atoms with Gasteiger partial charge in [0.05, 0.1) is 11.9 Å². The summed E-state index contributed by atoms with van der Waals surface area (Å²) >= 11 is 6.03. The number of halogens is 1. The lowest BCUT2D eigenvalue weighted by Crippen LogP contribution is -2.35. The fourth-order valence-electron chi connectivity index (χ4n) is 4.23. The Kier molecular flexibility index (Phi) is 6.53. The van der Waals surface area contributed by atoms with Crippen molar-refractivity contribution < 1.29 is 9.59 Å². The Hall–Kier alpha value is -2.60. The van der Waals surface area contributed by atoms with Gasteiger partial charge in [-0.1, -0.05) is 30.5 Å². The number of carbonyl (C=O) groups excluding carboxylic acids is 2. The summed E-state index contributed by atoms with van der Waals surface area (Å²) < 4.78 is 0. The summed E-state index contributed by atoms with van der Waals surface area (Å²) in [6.45, 7) is 2.89. The van der Waals surface area contributed by atoms with E-state index in [0.717, 1.165) is 50.2 Å². The summed E-state index contributed by atoms with van der Waals surface area (Å²) in [5.41, 5.74) is 1.36. The zero-order valence-electron chi connectivity index (χ0n) is 17.0. The Balaban J connectivity index is 1.35. The van der Waals surface area contributed by atoms with E-state index in [9.17, 15) is 9.59 Å². The van der Waals surface area contributed by atoms with Crippen LogP contribution >= 0.6 is 11.6 Å². The van der Waals surface area contributed by atoms with Crippen LogP contribution in [-0.4, -0.2) is 47.9 Å². The van der Waals surface area contributed by atoms with Crippen molar-refractivity contribution in [1.29, 1.82) is 0 Å². The SMILES string of the molecule is O=C(Nc1ccc(N2CCCN(C(=O)c3cccc(Cl)c3)CC2)nc1)C1CCCC1. The number of rotatable bonds is 4. The maximum Gasteiger partial charge on any atom is 0.253 e. The van der Waals surface area contributed by atoms with Crippen molar-refractivity contribution in [3.63, 3.8) is 0 Å². The number of anilines is 2. The highest BCUT2D eigenvalue weighted by molar-refractivity contribution is 6.30. The van der Waals surface area contributed by atoms with Crippen LogP contribution in [0.4, 0.5) is 11.5 Å². The zero-order chi connectivity index (χ0) is 20.9. The number of nitrogens with one attached hydrogen (secondary N) is 1. The van der Waals surface area contributed by atoms with E-state index in [1.54, 1.807) is 30.5 Å². The molecule has 4 rings (SSSR count). The molecule has 2 fully saturated rings. The maximum absolute atomic E-state index is 12.8. The van der Waals surface area contributed by atoms with E-state index in [1.807, 2.05) is 17.0 Å². The lowest BCUT2D eigenvalue weighted by Gasteiger charge is -2.23. The third-order valence-electron chi connectivity index (χ3n) is 5.92. The van der Waals surface area contributed by atoms with Gasteiger partial charge in [-0.25, -0.2) is 4.98 Å². The van der Waals surface area contributed by atoms with Crippen LogP contribution in [0.5, 0.6) is 0 Å². The average molecular weight is 427 g/mol. The van der Waals surface area contributed by atoms with Crippen LogP contribution in [0, 0.1) is 5.92 Å². The summed E-state index contributed by atoms with van der Waals surface area (Å²) in [6, 6.07) is 10.9. The van der Waals surface area contributed by atoms with Gasteiger partial charge in [0.25, 0.3) is 5.91 Å². The van der Waals surface area contributed by atoms with Crippen LogP contribution in [0.2, 0.25) is 5.02 Å².